The lowest BCUT2D eigenvalue weighted by Gasteiger charge is -2.29. The van der Waals surface area contributed by atoms with Crippen molar-refractivity contribution in [1.29, 1.82) is 0 Å². The summed E-state index contributed by atoms with van der Waals surface area (Å²) in [7, 11) is 0. The zero-order valence-electron chi connectivity index (χ0n) is 14.9. The van der Waals surface area contributed by atoms with Gasteiger partial charge in [-0.15, -0.1) is 0 Å². The molecule has 0 bridgehead atoms. The van der Waals surface area contributed by atoms with Crippen LogP contribution in [0.2, 0.25) is 0 Å². The lowest BCUT2D eigenvalue weighted by Crippen LogP contribution is -2.16. The molecule has 0 saturated heterocycles. The van der Waals surface area contributed by atoms with Crippen molar-refractivity contribution in [2.45, 2.75) is 60.8 Å². The predicted octanol–water partition coefficient (Wildman–Crippen LogP) is 7.03. The number of hydrogen-bond acceptors (Lipinski definition) is 0. The van der Waals surface area contributed by atoms with Gasteiger partial charge in [0, 0.05) is 0 Å². The van der Waals surface area contributed by atoms with E-state index < -0.39 is 0 Å². The van der Waals surface area contributed by atoms with Crippen LogP contribution in [0.3, 0.4) is 0 Å². The molecule has 0 nitrogen and oxygen atoms in total. The van der Waals surface area contributed by atoms with Gasteiger partial charge in [0.2, 0.25) is 0 Å². The molecule has 0 saturated carbocycles. The zero-order valence-corrected chi connectivity index (χ0v) is 14.9. The van der Waals surface area contributed by atoms with Crippen molar-refractivity contribution in [1.82, 2.24) is 0 Å². The molecule has 0 aromatic rings. The molecule has 118 valence electrons. The van der Waals surface area contributed by atoms with Crippen molar-refractivity contribution >= 4 is 0 Å². The number of hydrogen-bond donors (Lipinski definition) is 0. The summed E-state index contributed by atoms with van der Waals surface area (Å²) < 4.78 is 0. The molecule has 1 aliphatic carbocycles. The van der Waals surface area contributed by atoms with Crippen LogP contribution in [0.4, 0.5) is 0 Å². The topological polar surface area (TPSA) is 0 Å². The quantitative estimate of drug-likeness (QED) is 0.476. The predicted molar refractivity (Wildman–Crippen MR) is 98.5 cm³/mol. The molecule has 0 spiro atoms. The summed E-state index contributed by atoms with van der Waals surface area (Å²) >= 11 is 0. The molecule has 0 aliphatic heterocycles. The molecule has 0 heterocycles. The van der Waals surface area contributed by atoms with E-state index in [2.05, 4.69) is 82.4 Å². The molecule has 0 atom stereocenters. The zero-order chi connectivity index (χ0) is 16.1. The minimum absolute atomic E-state index is 0.346. The van der Waals surface area contributed by atoms with E-state index in [4.69, 9.17) is 0 Å². The average Bonchev–Trinajstić information content (AvgIpc) is 2.45. The maximum absolute atomic E-state index is 2.38. The Morgan fingerprint density at radius 3 is 2.10 bits per heavy atom. The average molecular weight is 287 g/mol. The monoisotopic (exact) mass is 286 g/mol. The maximum Gasteiger partial charge on any atom is -0.0107 e. The third-order valence-electron chi connectivity index (χ3n) is 3.48. The highest BCUT2D eigenvalue weighted by atomic mass is 14.3. The van der Waals surface area contributed by atoms with E-state index in [-0.39, 0.29) is 0 Å². The Morgan fingerprint density at radius 2 is 1.52 bits per heavy atom. The van der Waals surface area contributed by atoms with Gasteiger partial charge in [0.1, 0.15) is 0 Å². The second-order valence-corrected chi connectivity index (χ2v) is 6.19. The summed E-state index contributed by atoms with van der Waals surface area (Å²) in [5, 5.41) is 0. The Balaban J connectivity index is 0.00000191. The highest BCUT2D eigenvalue weighted by Crippen LogP contribution is 2.37. The Bertz CT molecular complexity index is 398. The van der Waals surface area contributed by atoms with Crippen LogP contribution < -0.4 is 0 Å². The third-order valence-corrected chi connectivity index (χ3v) is 3.48. The van der Waals surface area contributed by atoms with Crippen LogP contribution in [-0.4, -0.2) is 0 Å². The smallest absolute Gasteiger partial charge is 0.0107 e. The van der Waals surface area contributed by atoms with Gasteiger partial charge in [-0.05, 0) is 36.2 Å². The summed E-state index contributed by atoms with van der Waals surface area (Å²) in [5.74, 6) is 0.619. The largest absolute Gasteiger partial charge is 0.0820 e. The van der Waals surface area contributed by atoms with E-state index in [0.29, 0.717) is 11.3 Å². The van der Waals surface area contributed by atoms with Crippen molar-refractivity contribution in [3.63, 3.8) is 0 Å². The van der Waals surface area contributed by atoms with Crippen LogP contribution in [0.15, 0.2) is 60.3 Å². The molecule has 21 heavy (non-hydrogen) atoms. The van der Waals surface area contributed by atoms with E-state index in [1.54, 1.807) is 0 Å². The van der Waals surface area contributed by atoms with Gasteiger partial charge in [0.25, 0.3) is 0 Å². The molecule has 1 aliphatic rings. The first-order valence-electron chi connectivity index (χ1n) is 8.41. The van der Waals surface area contributed by atoms with E-state index in [1.165, 1.54) is 24.8 Å². The Kier molecular flexibility index (Phi) is 10.7. The van der Waals surface area contributed by atoms with Crippen LogP contribution in [-0.2, 0) is 0 Å². The van der Waals surface area contributed by atoms with Gasteiger partial charge in [-0.25, -0.2) is 0 Å². The van der Waals surface area contributed by atoms with Crippen LogP contribution in [0, 0.1) is 11.3 Å². The van der Waals surface area contributed by atoms with Gasteiger partial charge < -0.3 is 0 Å². The van der Waals surface area contributed by atoms with Crippen LogP contribution in [0.5, 0.6) is 0 Å². The van der Waals surface area contributed by atoms with Crippen LogP contribution in [0.25, 0.3) is 0 Å². The summed E-state index contributed by atoms with van der Waals surface area (Å²) in [6.45, 7) is 13.0. The Labute approximate surface area is 133 Å². The summed E-state index contributed by atoms with van der Waals surface area (Å²) in [5.41, 5.74) is 1.82. The van der Waals surface area contributed by atoms with Gasteiger partial charge >= 0.3 is 0 Å². The lowest BCUT2D eigenvalue weighted by molar-refractivity contribution is 0.385. The first-order chi connectivity index (χ1) is 10.0. The van der Waals surface area contributed by atoms with Crippen molar-refractivity contribution in [2.75, 3.05) is 0 Å². The van der Waals surface area contributed by atoms with E-state index in [9.17, 15) is 0 Å². The summed E-state index contributed by atoms with van der Waals surface area (Å²) in [6.07, 6.45) is 23.3. The van der Waals surface area contributed by atoms with Crippen molar-refractivity contribution in [3.05, 3.63) is 60.3 Å². The number of rotatable bonds is 5. The van der Waals surface area contributed by atoms with Crippen molar-refractivity contribution in [3.8, 4) is 0 Å². The van der Waals surface area contributed by atoms with Gasteiger partial charge in [-0.3, -0.25) is 0 Å². The fourth-order valence-corrected chi connectivity index (χ4v) is 2.22. The molecule has 0 unspecified atom stereocenters. The molecule has 0 N–H and O–H groups in total. The second-order valence-electron chi connectivity index (χ2n) is 6.19. The highest BCUT2D eigenvalue weighted by Gasteiger charge is 2.23. The van der Waals surface area contributed by atoms with Crippen LogP contribution in [0.1, 0.15) is 60.8 Å². The van der Waals surface area contributed by atoms with Crippen LogP contribution >= 0.6 is 0 Å². The molecular formula is C21H34. The molecule has 0 aromatic heterocycles. The van der Waals surface area contributed by atoms with Gasteiger partial charge in [0.05, 0.1) is 0 Å². The van der Waals surface area contributed by atoms with E-state index >= 15 is 0 Å². The molecular weight excluding hydrogens is 252 g/mol. The summed E-state index contributed by atoms with van der Waals surface area (Å²) in [4.78, 5) is 0. The van der Waals surface area contributed by atoms with E-state index in [0.717, 1.165) is 0 Å². The summed E-state index contributed by atoms with van der Waals surface area (Å²) in [6, 6.07) is 0. The van der Waals surface area contributed by atoms with Gasteiger partial charge in [0.15, 0.2) is 0 Å². The standard InChI is InChI=1S/C19H28.C2H6/c1-17(2)13-9-7-5-6-8-10-14-18-15-11-12-16-19(18,3)4;1-2/h5-10,13-15,17H,11-12,16H2,1-4H3;1-2H3/b7-5+,8-6+,13-9+,14-10+;. The molecule has 0 heteroatoms. The van der Waals surface area contributed by atoms with Gasteiger partial charge in [-0.1, -0.05) is 96.2 Å². The fraction of sp³-hybridized carbons (Fsp3) is 0.524. The second kappa shape index (κ2) is 11.4. The lowest BCUT2D eigenvalue weighted by atomic mass is 9.75. The van der Waals surface area contributed by atoms with Crippen molar-refractivity contribution < 1.29 is 0 Å². The fourth-order valence-electron chi connectivity index (χ4n) is 2.22. The third kappa shape index (κ3) is 9.28. The normalized spacial score (nSPS) is 18.7. The first-order valence-corrected chi connectivity index (χ1v) is 8.41. The minimum atomic E-state index is 0.346. The Morgan fingerprint density at radius 1 is 0.952 bits per heavy atom. The maximum atomic E-state index is 2.38. The SMILES string of the molecule is CC.CC(C)/C=C/C=C/C=C/C=C/C1=CCCCC1(C)C. The van der Waals surface area contributed by atoms with E-state index in [1.807, 2.05) is 13.8 Å². The molecule has 0 aromatic carbocycles. The highest BCUT2D eigenvalue weighted by molar-refractivity contribution is 5.30. The van der Waals surface area contributed by atoms with Gasteiger partial charge in [-0.2, -0.15) is 0 Å². The molecule has 1 rings (SSSR count). The Hall–Kier alpha value is -1.30. The minimum Gasteiger partial charge on any atom is -0.0820 e. The van der Waals surface area contributed by atoms with Crippen molar-refractivity contribution in [2.24, 2.45) is 11.3 Å². The molecule has 0 amide bonds. The molecule has 0 radical (unpaired) electrons. The molecule has 0 fully saturated rings. The number of allylic oxidation sites excluding steroid dienone is 10. The first kappa shape index (κ1) is 19.7.